The minimum absolute atomic E-state index is 0.0234. The second-order valence-electron chi connectivity index (χ2n) is 4.74. The van der Waals surface area contributed by atoms with E-state index in [1.54, 1.807) is 12.1 Å². The van der Waals surface area contributed by atoms with Crippen molar-refractivity contribution in [2.45, 2.75) is 0 Å². The summed E-state index contributed by atoms with van der Waals surface area (Å²) in [5.41, 5.74) is 2.29. The Kier molecular flexibility index (Phi) is 3.62. The molecule has 2 aromatic carbocycles. The van der Waals surface area contributed by atoms with Crippen LogP contribution in [0.1, 0.15) is 0 Å². The van der Waals surface area contributed by atoms with Gasteiger partial charge >= 0.3 is 0 Å². The molecule has 0 amide bonds. The lowest BCUT2D eigenvalue weighted by Gasteiger charge is -2.10. The Morgan fingerprint density at radius 1 is 1.05 bits per heavy atom. The average molecular weight is 294 g/mol. The molecule has 0 atom stereocenters. The lowest BCUT2D eigenvalue weighted by Crippen LogP contribution is -1.98. The molecule has 3 rings (SSSR count). The molecule has 1 heterocycles. The molecule has 0 radical (unpaired) electrons. The number of hydrogen-bond donors (Lipinski definition) is 0. The highest BCUT2D eigenvalue weighted by atomic mass is 16.6. The van der Waals surface area contributed by atoms with E-state index in [1.807, 2.05) is 53.2 Å². The first-order chi connectivity index (χ1) is 10.7. The first-order valence-electron chi connectivity index (χ1n) is 6.76. The number of nitro groups is 1. The van der Waals surface area contributed by atoms with Crippen LogP contribution >= 0.6 is 0 Å². The molecule has 22 heavy (non-hydrogen) atoms. The first kappa shape index (κ1) is 13.9. The van der Waals surface area contributed by atoms with Gasteiger partial charge in [-0.15, -0.1) is 0 Å². The van der Waals surface area contributed by atoms with E-state index in [2.05, 4.69) is 0 Å². The summed E-state index contributed by atoms with van der Waals surface area (Å²) in [6, 6.07) is 18.3. The number of methoxy groups -OCH3 is 1. The molecule has 0 aliphatic carbocycles. The summed E-state index contributed by atoms with van der Waals surface area (Å²) >= 11 is 0. The van der Waals surface area contributed by atoms with Crippen molar-refractivity contribution in [2.24, 2.45) is 0 Å². The molecule has 110 valence electrons. The molecule has 0 bridgehead atoms. The number of benzene rings is 2. The van der Waals surface area contributed by atoms with E-state index in [4.69, 9.17) is 4.74 Å². The maximum absolute atomic E-state index is 11.4. The normalized spacial score (nSPS) is 10.4. The molecule has 0 N–H and O–H groups in total. The van der Waals surface area contributed by atoms with Crippen LogP contribution in [0, 0.1) is 10.1 Å². The summed E-state index contributed by atoms with van der Waals surface area (Å²) < 4.78 is 7.01. The molecule has 0 fully saturated rings. The van der Waals surface area contributed by atoms with Gasteiger partial charge < -0.3 is 9.30 Å². The van der Waals surface area contributed by atoms with Crippen LogP contribution in [0.4, 0.5) is 5.69 Å². The SMILES string of the molecule is COc1ccc(-c2cccn2-c2ccccc2)c([N+](=O)[O-])c1. The monoisotopic (exact) mass is 294 g/mol. The zero-order chi connectivity index (χ0) is 15.5. The molecule has 0 spiro atoms. The maximum atomic E-state index is 11.4. The zero-order valence-electron chi connectivity index (χ0n) is 12.0. The standard InChI is InChI=1S/C17H14N2O3/c1-22-14-9-10-15(17(12-14)19(20)21)16-8-5-11-18(16)13-6-3-2-4-7-13/h2-12H,1H3. The van der Waals surface area contributed by atoms with Gasteiger partial charge in [-0.3, -0.25) is 10.1 Å². The number of para-hydroxylation sites is 1. The Labute approximate surface area is 127 Å². The van der Waals surface area contributed by atoms with E-state index in [0.29, 0.717) is 11.3 Å². The van der Waals surface area contributed by atoms with Crippen LogP contribution in [0.5, 0.6) is 5.75 Å². The van der Waals surface area contributed by atoms with Crippen LogP contribution < -0.4 is 4.74 Å². The molecule has 3 aromatic rings. The second-order valence-corrected chi connectivity index (χ2v) is 4.74. The summed E-state index contributed by atoms with van der Waals surface area (Å²) in [6.45, 7) is 0. The van der Waals surface area contributed by atoms with Crippen LogP contribution in [0.15, 0.2) is 66.9 Å². The Balaban J connectivity index is 2.17. The van der Waals surface area contributed by atoms with Crippen molar-refractivity contribution in [3.8, 4) is 22.7 Å². The molecule has 5 nitrogen and oxygen atoms in total. The molecule has 1 aromatic heterocycles. The number of nitro benzene ring substituents is 1. The minimum Gasteiger partial charge on any atom is -0.497 e. The summed E-state index contributed by atoms with van der Waals surface area (Å²) in [5.74, 6) is 0.466. The van der Waals surface area contributed by atoms with Gasteiger partial charge in [0.1, 0.15) is 5.75 Å². The number of ether oxygens (including phenoxy) is 1. The van der Waals surface area contributed by atoms with Gasteiger partial charge in [-0.2, -0.15) is 0 Å². The Morgan fingerprint density at radius 2 is 1.82 bits per heavy atom. The first-order valence-corrected chi connectivity index (χ1v) is 6.76. The van der Waals surface area contributed by atoms with Crippen molar-refractivity contribution in [3.63, 3.8) is 0 Å². The summed E-state index contributed by atoms with van der Waals surface area (Å²) in [4.78, 5) is 11.0. The fourth-order valence-electron chi connectivity index (χ4n) is 2.42. The van der Waals surface area contributed by atoms with Crippen LogP contribution in [0.2, 0.25) is 0 Å². The highest BCUT2D eigenvalue weighted by Gasteiger charge is 2.19. The molecule has 5 heteroatoms. The molecule has 0 saturated heterocycles. The van der Waals surface area contributed by atoms with E-state index in [-0.39, 0.29) is 10.6 Å². The van der Waals surface area contributed by atoms with Crippen molar-refractivity contribution in [1.82, 2.24) is 4.57 Å². The Morgan fingerprint density at radius 3 is 2.50 bits per heavy atom. The molecule has 0 saturated carbocycles. The number of nitrogens with zero attached hydrogens (tertiary/aromatic N) is 2. The van der Waals surface area contributed by atoms with Gasteiger partial charge in [0.15, 0.2) is 0 Å². The smallest absolute Gasteiger partial charge is 0.282 e. The van der Waals surface area contributed by atoms with Gasteiger partial charge in [-0.05, 0) is 36.4 Å². The van der Waals surface area contributed by atoms with Gasteiger partial charge in [0.05, 0.1) is 29.4 Å². The predicted molar refractivity (Wildman–Crippen MR) is 84.4 cm³/mol. The van der Waals surface area contributed by atoms with Crippen molar-refractivity contribution in [2.75, 3.05) is 7.11 Å². The Hall–Kier alpha value is -3.08. The largest absolute Gasteiger partial charge is 0.497 e. The number of rotatable bonds is 4. The van der Waals surface area contributed by atoms with E-state index in [0.717, 1.165) is 11.4 Å². The van der Waals surface area contributed by atoms with Crippen molar-refractivity contribution < 1.29 is 9.66 Å². The zero-order valence-corrected chi connectivity index (χ0v) is 12.0. The highest BCUT2D eigenvalue weighted by Crippen LogP contribution is 2.34. The number of hydrogen-bond acceptors (Lipinski definition) is 3. The van der Waals surface area contributed by atoms with E-state index >= 15 is 0 Å². The van der Waals surface area contributed by atoms with Gasteiger partial charge in [0.2, 0.25) is 0 Å². The fourth-order valence-corrected chi connectivity index (χ4v) is 2.42. The van der Waals surface area contributed by atoms with Crippen molar-refractivity contribution in [1.29, 1.82) is 0 Å². The van der Waals surface area contributed by atoms with Crippen molar-refractivity contribution in [3.05, 3.63) is 77.0 Å². The molecule has 0 aliphatic heterocycles. The molecular weight excluding hydrogens is 280 g/mol. The van der Waals surface area contributed by atoms with Crippen LogP contribution in [0.25, 0.3) is 16.9 Å². The van der Waals surface area contributed by atoms with E-state index in [9.17, 15) is 10.1 Å². The van der Waals surface area contributed by atoms with Gasteiger partial charge in [-0.1, -0.05) is 18.2 Å². The summed E-state index contributed by atoms with van der Waals surface area (Å²) in [5, 5.41) is 11.4. The fraction of sp³-hybridized carbons (Fsp3) is 0.0588. The third kappa shape index (κ3) is 2.44. The highest BCUT2D eigenvalue weighted by molar-refractivity contribution is 5.74. The third-order valence-corrected chi connectivity index (χ3v) is 3.46. The topological polar surface area (TPSA) is 57.3 Å². The van der Waals surface area contributed by atoms with Crippen LogP contribution in [-0.2, 0) is 0 Å². The lowest BCUT2D eigenvalue weighted by atomic mass is 10.1. The second kappa shape index (κ2) is 5.73. The van der Waals surface area contributed by atoms with Gasteiger partial charge in [0.25, 0.3) is 5.69 Å². The Bertz CT molecular complexity index is 810. The average Bonchev–Trinajstić information content (AvgIpc) is 3.04. The van der Waals surface area contributed by atoms with Crippen LogP contribution in [0.3, 0.4) is 0 Å². The predicted octanol–water partition coefficient (Wildman–Crippen LogP) is 4.06. The van der Waals surface area contributed by atoms with Crippen molar-refractivity contribution >= 4 is 5.69 Å². The van der Waals surface area contributed by atoms with E-state index < -0.39 is 0 Å². The molecule has 0 aliphatic rings. The lowest BCUT2D eigenvalue weighted by molar-refractivity contribution is -0.384. The van der Waals surface area contributed by atoms with Gasteiger partial charge in [-0.25, -0.2) is 0 Å². The molecular formula is C17H14N2O3. The number of aromatic nitrogens is 1. The summed E-state index contributed by atoms with van der Waals surface area (Å²) in [7, 11) is 1.49. The summed E-state index contributed by atoms with van der Waals surface area (Å²) in [6.07, 6.45) is 1.89. The molecule has 0 unspecified atom stereocenters. The maximum Gasteiger partial charge on any atom is 0.282 e. The van der Waals surface area contributed by atoms with E-state index in [1.165, 1.54) is 13.2 Å². The third-order valence-electron chi connectivity index (χ3n) is 3.46. The van der Waals surface area contributed by atoms with Crippen LogP contribution in [-0.4, -0.2) is 16.6 Å². The minimum atomic E-state index is -0.389. The van der Waals surface area contributed by atoms with Gasteiger partial charge in [0, 0.05) is 11.9 Å². The quantitative estimate of drug-likeness (QED) is 0.538.